The fourth-order valence-electron chi connectivity index (χ4n) is 1.98. The van der Waals surface area contributed by atoms with Gasteiger partial charge in [0.15, 0.2) is 0 Å². The first-order valence-electron chi connectivity index (χ1n) is 7.34. The van der Waals surface area contributed by atoms with Gasteiger partial charge in [-0.15, -0.1) is 0 Å². The molecule has 128 valence electrons. The molecule has 0 saturated carbocycles. The highest BCUT2D eigenvalue weighted by molar-refractivity contribution is 6.44. The second-order valence-electron chi connectivity index (χ2n) is 5.06. The van der Waals surface area contributed by atoms with Crippen molar-refractivity contribution in [1.82, 2.24) is 5.32 Å². The molecule has 2 aromatic rings. The highest BCUT2D eigenvalue weighted by atomic mass is 35.5. The summed E-state index contributed by atoms with van der Waals surface area (Å²) in [6.45, 7) is 0.488. The number of hydrogen-bond donors (Lipinski definition) is 2. The monoisotopic (exact) mass is 377 g/mol. The predicted molar refractivity (Wildman–Crippen MR) is 96.9 cm³/mol. The number of carbonyl (C=O) groups excluding carboxylic acids is 1. The van der Waals surface area contributed by atoms with E-state index in [1.807, 2.05) is 6.07 Å². The van der Waals surface area contributed by atoms with Crippen LogP contribution in [0.15, 0.2) is 54.2 Å². The fourth-order valence-corrected chi connectivity index (χ4v) is 2.33. The number of carbonyl (C=O) groups is 1. The Morgan fingerprint density at radius 2 is 1.92 bits per heavy atom. The van der Waals surface area contributed by atoms with Crippen LogP contribution in [0.2, 0.25) is 10.0 Å². The van der Waals surface area contributed by atoms with Gasteiger partial charge in [0, 0.05) is 12.7 Å². The summed E-state index contributed by atoms with van der Waals surface area (Å²) in [5.41, 5.74) is 1.16. The third-order valence-electron chi connectivity index (χ3n) is 3.28. The minimum atomic E-state index is -0.596. The lowest BCUT2D eigenvalue weighted by molar-refractivity contribution is -0.112. The molecule has 0 bridgehead atoms. The summed E-state index contributed by atoms with van der Waals surface area (Å²) in [4.78, 5) is 12.1. The topological polar surface area (TPSA) is 64.9 Å². The zero-order valence-electron chi connectivity index (χ0n) is 13.0. The van der Waals surface area contributed by atoms with Gasteiger partial charge in [-0.2, -0.15) is 5.26 Å². The van der Waals surface area contributed by atoms with E-state index < -0.39 is 5.91 Å². The van der Waals surface area contributed by atoms with Crippen LogP contribution in [0, 0.1) is 17.1 Å². The van der Waals surface area contributed by atoms with Gasteiger partial charge in [-0.3, -0.25) is 4.79 Å². The Kier molecular flexibility index (Phi) is 6.81. The van der Waals surface area contributed by atoms with Crippen molar-refractivity contribution in [3.8, 4) is 6.07 Å². The molecule has 0 radical (unpaired) electrons. The van der Waals surface area contributed by atoms with Crippen molar-refractivity contribution >= 4 is 34.8 Å². The molecule has 4 nitrogen and oxygen atoms in total. The van der Waals surface area contributed by atoms with Gasteiger partial charge >= 0.3 is 0 Å². The van der Waals surface area contributed by atoms with E-state index >= 15 is 0 Å². The number of rotatable bonds is 6. The lowest BCUT2D eigenvalue weighted by Crippen LogP contribution is -2.18. The number of anilines is 1. The molecular formula is C18H14Cl2FN3O. The van der Waals surface area contributed by atoms with Crippen LogP contribution in [0.25, 0.3) is 0 Å². The third-order valence-corrected chi connectivity index (χ3v) is 4.10. The highest BCUT2D eigenvalue weighted by Gasteiger charge is 2.12. The van der Waals surface area contributed by atoms with E-state index in [2.05, 4.69) is 10.6 Å². The van der Waals surface area contributed by atoms with Gasteiger partial charge in [-0.05, 0) is 36.2 Å². The number of benzene rings is 2. The Labute approximate surface area is 154 Å². The minimum Gasteiger partial charge on any atom is -0.389 e. The molecule has 0 unspecified atom stereocenters. The third kappa shape index (κ3) is 5.49. The second-order valence-corrected chi connectivity index (χ2v) is 5.84. The maximum absolute atomic E-state index is 12.8. The number of amides is 1. The average Bonchev–Trinajstić information content (AvgIpc) is 2.60. The predicted octanol–water partition coefficient (Wildman–Crippen LogP) is 4.31. The van der Waals surface area contributed by atoms with Crippen LogP contribution >= 0.6 is 23.2 Å². The Balaban J connectivity index is 1.92. The van der Waals surface area contributed by atoms with Gasteiger partial charge in [0.05, 0.1) is 15.7 Å². The van der Waals surface area contributed by atoms with Gasteiger partial charge in [-0.25, -0.2) is 4.39 Å². The summed E-state index contributed by atoms with van der Waals surface area (Å²) in [7, 11) is 0. The number of nitrogens with zero attached hydrogens (tertiary/aromatic N) is 1. The van der Waals surface area contributed by atoms with E-state index in [0.29, 0.717) is 23.7 Å². The Bertz CT molecular complexity index is 829. The van der Waals surface area contributed by atoms with Crippen molar-refractivity contribution < 1.29 is 9.18 Å². The quantitative estimate of drug-likeness (QED) is 0.447. The maximum atomic E-state index is 12.8. The van der Waals surface area contributed by atoms with Gasteiger partial charge < -0.3 is 10.6 Å². The number of halogens is 3. The largest absolute Gasteiger partial charge is 0.389 e. The first-order chi connectivity index (χ1) is 12.0. The number of nitriles is 1. The summed E-state index contributed by atoms with van der Waals surface area (Å²) < 4.78 is 12.8. The molecule has 2 aromatic carbocycles. The standard InChI is InChI=1S/C18H14Cl2FN3O/c19-15-2-1-3-16(17(15)20)24-18(25)13(10-22)11-23-9-8-12-4-6-14(21)7-5-12/h1-7,11,23H,8-9H2,(H,24,25)/b13-11-. The smallest absolute Gasteiger partial charge is 0.267 e. The first-order valence-corrected chi connectivity index (χ1v) is 8.10. The van der Waals surface area contributed by atoms with E-state index in [4.69, 9.17) is 28.5 Å². The number of nitrogens with one attached hydrogen (secondary N) is 2. The lowest BCUT2D eigenvalue weighted by Gasteiger charge is -2.08. The minimum absolute atomic E-state index is 0.102. The van der Waals surface area contributed by atoms with E-state index in [9.17, 15) is 9.18 Å². The lowest BCUT2D eigenvalue weighted by atomic mass is 10.1. The molecule has 2 rings (SSSR count). The average molecular weight is 378 g/mol. The van der Waals surface area contributed by atoms with Crippen LogP contribution in [0.5, 0.6) is 0 Å². The zero-order chi connectivity index (χ0) is 18.2. The summed E-state index contributed by atoms with van der Waals surface area (Å²) >= 11 is 11.9. The van der Waals surface area contributed by atoms with Crippen molar-refractivity contribution in [3.63, 3.8) is 0 Å². The molecular weight excluding hydrogens is 364 g/mol. The van der Waals surface area contributed by atoms with Gasteiger partial charge in [0.1, 0.15) is 17.5 Å². The van der Waals surface area contributed by atoms with Crippen molar-refractivity contribution in [3.05, 3.63) is 75.7 Å². The van der Waals surface area contributed by atoms with Crippen LogP contribution in [0.4, 0.5) is 10.1 Å². The van der Waals surface area contributed by atoms with Crippen LogP contribution in [-0.2, 0) is 11.2 Å². The second kappa shape index (κ2) is 9.07. The molecule has 0 atom stereocenters. The van der Waals surface area contributed by atoms with Crippen LogP contribution < -0.4 is 10.6 Å². The molecule has 0 aromatic heterocycles. The normalized spacial score (nSPS) is 10.9. The zero-order valence-corrected chi connectivity index (χ0v) is 14.5. The highest BCUT2D eigenvalue weighted by Crippen LogP contribution is 2.29. The molecule has 0 aliphatic rings. The van der Waals surface area contributed by atoms with E-state index in [0.717, 1.165) is 5.56 Å². The fraction of sp³-hybridized carbons (Fsp3) is 0.111. The van der Waals surface area contributed by atoms with Crippen molar-refractivity contribution in [1.29, 1.82) is 5.26 Å². The molecule has 0 saturated heterocycles. The Morgan fingerprint density at radius 1 is 1.20 bits per heavy atom. The summed E-state index contributed by atoms with van der Waals surface area (Å²) in [5.74, 6) is -0.888. The molecule has 0 aliphatic carbocycles. The maximum Gasteiger partial charge on any atom is 0.267 e. The molecule has 1 amide bonds. The molecule has 7 heteroatoms. The van der Waals surface area contributed by atoms with Gasteiger partial charge in [0.2, 0.25) is 0 Å². The molecule has 0 heterocycles. The SMILES string of the molecule is N#C/C(=C/NCCc1ccc(F)cc1)C(=O)Nc1cccc(Cl)c1Cl. The van der Waals surface area contributed by atoms with E-state index in [-0.39, 0.29) is 16.4 Å². The molecule has 0 aliphatic heterocycles. The van der Waals surface area contributed by atoms with Gasteiger partial charge in [-0.1, -0.05) is 41.4 Å². The van der Waals surface area contributed by atoms with Crippen LogP contribution in [0.1, 0.15) is 5.56 Å². The van der Waals surface area contributed by atoms with Crippen molar-refractivity contribution in [2.24, 2.45) is 0 Å². The summed E-state index contributed by atoms with van der Waals surface area (Å²) in [6, 6.07) is 12.8. The van der Waals surface area contributed by atoms with Crippen LogP contribution in [0.3, 0.4) is 0 Å². The first kappa shape index (κ1) is 18.8. The number of hydrogen-bond acceptors (Lipinski definition) is 3. The molecule has 0 spiro atoms. The van der Waals surface area contributed by atoms with E-state index in [1.54, 1.807) is 30.3 Å². The molecule has 2 N–H and O–H groups in total. The Hall–Kier alpha value is -2.55. The van der Waals surface area contributed by atoms with Crippen molar-refractivity contribution in [2.45, 2.75) is 6.42 Å². The van der Waals surface area contributed by atoms with Crippen molar-refractivity contribution in [2.75, 3.05) is 11.9 Å². The van der Waals surface area contributed by atoms with Gasteiger partial charge in [0.25, 0.3) is 5.91 Å². The summed E-state index contributed by atoms with van der Waals surface area (Å²) in [6.07, 6.45) is 1.95. The molecule has 0 fully saturated rings. The summed E-state index contributed by atoms with van der Waals surface area (Å²) in [5, 5.41) is 15.1. The molecule has 25 heavy (non-hydrogen) atoms. The Morgan fingerprint density at radius 3 is 2.60 bits per heavy atom. The van der Waals surface area contributed by atoms with Crippen LogP contribution in [-0.4, -0.2) is 12.5 Å². The van der Waals surface area contributed by atoms with E-state index in [1.165, 1.54) is 18.3 Å².